The van der Waals surface area contributed by atoms with E-state index in [9.17, 15) is 14.0 Å². The molecule has 1 aromatic carbocycles. The SMILES string of the molecule is CC(C)(C)OC(=O)Cn1c(-c2ccccc2F)ncc(Br)c1=O. The van der Waals surface area contributed by atoms with Gasteiger partial charge in [-0.1, -0.05) is 12.1 Å². The van der Waals surface area contributed by atoms with Crippen LogP contribution in [0.25, 0.3) is 11.4 Å². The van der Waals surface area contributed by atoms with Gasteiger partial charge in [0.15, 0.2) is 0 Å². The Hall–Kier alpha value is -2.02. The van der Waals surface area contributed by atoms with Crippen LogP contribution in [-0.4, -0.2) is 21.1 Å². The molecule has 2 rings (SSSR count). The number of nitrogens with zero attached hydrogens (tertiary/aromatic N) is 2. The van der Waals surface area contributed by atoms with Crippen LogP contribution in [0.2, 0.25) is 0 Å². The molecule has 23 heavy (non-hydrogen) atoms. The molecule has 0 aliphatic rings. The second-order valence-corrected chi connectivity index (χ2v) is 6.74. The maximum atomic E-state index is 14.0. The second-order valence-electron chi connectivity index (χ2n) is 5.89. The van der Waals surface area contributed by atoms with Crippen LogP contribution in [0.15, 0.2) is 39.7 Å². The molecule has 1 heterocycles. The minimum Gasteiger partial charge on any atom is -0.459 e. The van der Waals surface area contributed by atoms with Gasteiger partial charge in [0.1, 0.15) is 28.3 Å². The molecular weight excluding hydrogens is 367 g/mol. The molecule has 0 aliphatic heterocycles. The highest BCUT2D eigenvalue weighted by molar-refractivity contribution is 9.10. The van der Waals surface area contributed by atoms with Gasteiger partial charge >= 0.3 is 5.97 Å². The molecule has 0 saturated heterocycles. The molecule has 0 amide bonds. The standard InChI is InChI=1S/C16H16BrFN2O3/c1-16(2,3)23-13(21)9-20-14(19-8-11(17)15(20)22)10-6-4-5-7-12(10)18/h4-8H,9H2,1-3H3. The average molecular weight is 383 g/mol. The molecule has 0 spiro atoms. The molecule has 1 aromatic heterocycles. The third kappa shape index (κ3) is 4.25. The van der Waals surface area contributed by atoms with Crippen molar-refractivity contribution in [3.8, 4) is 11.4 Å². The van der Waals surface area contributed by atoms with Crippen LogP contribution >= 0.6 is 15.9 Å². The molecule has 5 nitrogen and oxygen atoms in total. The van der Waals surface area contributed by atoms with E-state index < -0.39 is 22.9 Å². The molecule has 0 N–H and O–H groups in total. The zero-order valence-corrected chi connectivity index (χ0v) is 14.6. The first-order valence-corrected chi connectivity index (χ1v) is 7.70. The van der Waals surface area contributed by atoms with E-state index in [4.69, 9.17) is 4.74 Å². The monoisotopic (exact) mass is 382 g/mol. The molecule has 0 aliphatic carbocycles. The summed E-state index contributed by atoms with van der Waals surface area (Å²) in [4.78, 5) is 28.5. The van der Waals surface area contributed by atoms with Crippen LogP contribution in [0, 0.1) is 5.82 Å². The number of aromatic nitrogens is 2. The van der Waals surface area contributed by atoms with E-state index in [-0.39, 0.29) is 22.4 Å². The van der Waals surface area contributed by atoms with Crippen molar-refractivity contribution in [1.82, 2.24) is 9.55 Å². The zero-order chi connectivity index (χ0) is 17.2. The fraction of sp³-hybridized carbons (Fsp3) is 0.312. The van der Waals surface area contributed by atoms with Gasteiger partial charge in [-0.2, -0.15) is 0 Å². The van der Waals surface area contributed by atoms with E-state index in [0.717, 1.165) is 4.57 Å². The Balaban J connectivity index is 2.50. The van der Waals surface area contributed by atoms with Gasteiger partial charge in [-0.3, -0.25) is 14.2 Å². The average Bonchev–Trinajstić information content (AvgIpc) is 2.43. The van der Waals surface area contributed by atoms with Gasteiger partial charge in [0.2, 0.25) is 0 Å². The smallest absolute Gasteiger partial charge is 0.326 e. The van der Waals surface area contributed by atoms with Gasteiger partial charge in [-0.05, 0) is 48.8 Å². The van der Waals surface area contributed by atoms with Crippen molar-refractivity contribution in [3.63, 3.8) is 0 Å². The lowest BCUT2D eigenvalue weighted by Crippen LogP contribution is -2.32. The molecule has 0 saturated carbocycles. The van der Waals surface area contributed by atoms with Crippen molar-refractivity contribution in [2.75, 3.05) is 0 Å². The molecule has 0 fully saturated rings. The fourth-order valence-electron chi connectivity index (χ4n) is 1.97. The predicted molar refractivity (Wildman–Crippen MR) is 87.4 cm³/mol. The summed E-state index contributed by atoms with van der Waals surface area (Å²) in [7, 11) is 0. The highest BCUT2D eigenvalue weighted by Crippen LogP contribution is 2.20. The lowest BCUT2D eigenvalue weighted by molar-refractivity contribution is -0.155. The number of hydrogen-bond donors (Lipinski definition) is 0. The van der Waals surface area contributed by atoms with Crippen LogP contribution in [0.5, 0.6) is 0 Å². The highest BCUT2D eigenvalue weighted by atomic mass is 79.9. The summed E-state index contributed by atoms with van der Waals surface area (Å²) in [5.41, 5.74) is -1.03. The number of ether oxygens (including phenoxy) is 1. The van der Waals surface area contributed by atoms with Gasteiger partial charge in [0.25, 0.3) is 5.56 Å². The Morgan fingerprint density at radius 2 is 2.00 bits per heavy atom. The molecule has 0 radical (unpaired) electrons. The van der Waals surface area contributed by atoms with Gasteiger partial charge in [0, 0.05) is 6.20 Å². The van der Waals surface area contributed by atoms with Crippen LogP contribution in [0.1, 0.15) is 20.8 Å². The Kier molecular flexibility index (Phi) is 4.99. The van der Waals surface area contributed by atoms with Crippen molar-refractivity contribution in [3.05, 3.63) is 51.1 Å². The third-order valence-electron chi connectivity index (χ3n) is 2.83. The molecule has 7 heteroatoms. The maximum Gasteiger partial charge on any atom is 0.326 e. The Morgan fingerprint density at radius 1 is 1.35 bits per heavy atom. The molecule has 0 unspecified atom stereocenters. The van der Waals surface area contributed by atoms with Crippen LogP contribution in [0.3, 0.4) is 0 Å². The van der Waals surface area contributed by atoms with Crippen molar-refractivity contribution in [2.45, 2.75) is 32.9 Å². The van der Waals surface area contributed by atoms with Crippen LogP contribution in [-0.2, 0) is 16.1 Å². The zero-order valence-electron chi connectivity index (χ0n) is 13.0. The third-order valence-corrected chi connectivity index (χ3v) is 3.37. The van der Waals surface area contributed by atoms with Gasteiger partial charge in [-0.25, -0.2) is 9.37 Å². The summed E-state index contributed by atoms with van der Waals surface area (Å²) in [6, 6.07) is 5.93. The number of carbonyl (C=O) groups is 1. The van der Waals surface area contributed by atoms with E-state index in [1.165, 1.54) is 24.4 Å². The summed E-state index contributed by atoms with van der Waals surface area (Å²) in [5, 5.41) is 0. The summed E-state index contributed by atoms with van der Waals surface area (Å²) in [6.45, 7) is 4.83. The number of benzene rings is 1. The van der Waals surface area contributed by atoms with E-state index >= 15 is 0 Å². The minimum atomic E-state index is -0.682. The van der Waals surface area contributed by atoms with E-state index in [2.05, 4.69) is 20.9 Å². The summed E-state index contributed by atoms with van der Waals surface area (Å²) in [6.07, 6.45) is 1.29. The van der Waals surface area contributed by atoms with E-state index in [0.29, 0.717) is 0 Å². The second kappa shape index (κ2) is 6.62. The van der Waals surface area contributed by atoms with Crippen molar-refractivity contribution >= 4 is 21.9 Å². The first-order valence-electron chi connectivity index (χ1n) is 6.91. The molecule has 122 valence electrons. The normalized spacial score (nSPS) is 11.3. The largest absolute Gasteiger partial charge is 0.459 e. The quantitative estimate of drug-likeness (QED) is 0.764. The number of esters is 1. The van der Waals surface area contributed by atoms with Crippen LogP contribution in [0.4, 0.5) is 4.39 Å². The Labute approximate surface area is 141 Å². The van der Waals surface area contributed by atoms with Crippen molar-refractivity contribution in [2.24, 2.45) is 0 Å². The molecule has 2 aromatic rings. The topological polar surface area (TPSA) is 61.2 Å². The number of rotatable bonds is 3. The Bertz CT molecular complexity index is 797. The first-order chi connectivity index (χ1) is 10.7. The van der Waals surface area contributed by atoms with E-state index in [1.54, 1.807) is 26.8 Å². The number of carbonyl (C=O) groups excluding carboxylic acids is 1. The number of halogens is 2. The summed E-state index contributed by atoms with van der Waals surface area (Å²) in [5.74, 6) is -1.06. The maximum absolute atomic E-state index is 14.0. The van der Waals surface area contributed by atoms with Gasteiger partial charge < -0.3 is 4.74 Å². The van der Waals surface area contributed by atoms with Crippen molar-refractivity contribution < 1.29 is 13.9 Å². The molecule has 0 bridgehead atoms. The summed E-state index contributed by atoms with van der Waals surface area (Å²) >= 11 is 3.08. The summed E-state index contributed by atoms with van der Waals surface area (Å²) < 4.78 is 20.5. The predicted octanol–water partition coefficient (Wildman–Crippen LogP) is 3.15. The molecular formula is C16H16BrFN2O3. The fourth-order valence-corrected chi connectivity index (χ4v) is 2.29. The Morgan fingerprint density at radius 3 is 2.61 bits per heavy atom. The van der Waals surface area contributed by atoms with Crippen LogP contribution < -0.4 is 5.56 Å². The molecule has 0 atom stereocenters. The highest BCUT2D eigenvalue weighted by Gasteiger charge is 2.20. The lowest BCUT2D eigenvalue weighted by Gasteiger charge is -2.20. The first kappa shape index (κ1) is 17.3. The van der Waals surface area contributed by atoms with Gasteiger partial charge in [0.05, 0.1) is 5.56 Å². The van der Waals surface area contributed by atoms with E-state index in [1.807, 2.05) is 0 Å². The number of hydrogen-bond acceptors (Lipinski definition) is 4. The van der Waals surface area contributed by atoms with Gasteiger partial charge in [-0.15, -0.1) is 0 Å². The minimum absolute atomic E-state index is 0.0714. The van der Waals surface area contributed by atoms with Crippen molar-refractivity contribution in [1.29, 1.82) is 0 Å². The lowest BCUT2D eigenvalue weighted by atomic mass is 10.2.